The number of nitrogens with zero attached hydrogens (tertiary/aromatic N) is 1. The second-order valence-corrected chi connectivity index (χ2v) is 6.39. The Bertz CT molecular complexity index is 216. The lowest BCUT2D eigenvalue weighted by molar-refractivity contribution is 0.136. The average Bonchev–Trinajstić information content (AvgIpc) is 2.35. The van der Waals surface area contributed by atoms with Crippen LogP contribution in [-0.4, -0.2) is 50.7 Å². The predicted molar refractivity (Wildman–Crippen MR) is 73.3 cm³/mol. The van der Waals surface area contributed by atoms with Gasteiger partial charge in [0, 0.05) is 19.1 Å². The maximum atomic E-state index is 3.70. The van der Waals surface area contributed by atoms with E-state index in [9.17, 15) is 0 Å². The third kappa shape index (κ3) is 4.23. The molecule has 17 heavy (non-hydrogen) atoms. The van der Waals surface area contributed by atoms with Gasteiger partial charge in [0.1, 0.15) is 0 Å². The summed E-state index contributed by atoms with van der Waals surface area (Å²) >= 11 is 0. The summed E-state index contributed by atoms with van der Waals surface area (Å²) in [5, 5.41) is 7.30. The van der Waals surface area contributed by atoms with Crippen molar-refractivity contribution < 1.29 is 0 Å². The molecule has 0 aliphatic carbocycles. The molecule has 2 aliphatic rings. The van der Waals surface area contributed by atoms with Gasteiger partial charge in [0.2, 0.25) is 0 Å². The fourth-order valence-corrected chi connectivity index (χ4v) is 2.98. The van der Waals surface area contributed by atoms with Crippen molar-refractivity contribution in [1.82, 2.24) is 15.5 Å². The lowest BCUT2D eigenvalue weighted by Gasteiger charge is -2.38. The summed E-state index contributed by atoms with van der Waals surface area (Å²) in [4.78, 5) is 2.45. The normalized spacial score (nSPS) is 30.4. The molecule has 0 aromatic heterocycles. The van der Waals surface area contributed by atoms with E-state index in [1.54, 1.807) is 0 Å². The van der Waals surface area contributed by atoms with E-state index in [1.807, 2.05) is 0 Å². The molecule has 1 unspecified atom stereocenters. The first-order valence-corrected chi connectivity index (χ1v) is 7.31. The minimum absolute atomic E-state index is 0.529. The highest BCUT2D eigenvalue weighted by Gasteiger charge is 2.28. The highest BCUT2D eigenvalue weighted by molar-refractivity contribution is 4.84. The van der Waals surface area contributed by atoms with E-state index in [4.69, 9.17) is 0 Å². The number of rotatable bonds is 4. The van der Waals surface area contributed by atoms with E-state index in [0.717, 1.165) is 12.6 Å². The lowest BCUT2D eigenvalue weighted by Crippen LogP contribution is -2.46. The van der Waals surface area contributed by atoms with Crippen molar-refractivity contribution in [3.8, 4) is 0 Å². The highest BCUT2D eigenvalue weighted by Crippen LogP contribution is 2.29. The van der Waals surface area contributed by atoms with Crippen LogP contribution >= 0.6 is 0 Å². The predicted octanol–water partition coefficient (Wildman–Crippen LogP) is 1.45. The Balaban J connectivity index is 1.63. The molecular weight excluding hydrogens is 210 g/mol. The van der Waals surface area contributed by atoms with Crippen LogP contribution < -0.4 is 10.6 Å². The summed E-state index contributed by atoms with van der Waals surface area (Å²) < 4.78 is 0. The Morgan fingerprint density at radius 1 is 1.29 bits per heavy atom. The first kappa shape index (κ1) is 13.3. The first-order valence-electron chi connectivity index (χ1n) is 7.31. The molecule has 2 N–H and O–H groups in total. The van der Waals surface area contributed by atoms with Crippen molar-refractivity contribution >= 4 is 0 Å². The van der Waals surface area contributed by atoms with Gasteiger partial charge in [-0.05, 0) is 57.8 Å². The number of piperidine rings is 2. The molecule has 2 saturated heterocycles. The largest absolute Gasteiger partial charge is 0.315 e. The van der Waals surface area contributed by atoms with E-state index in [0.29, 0.717) is 5.41 Å². The maximum Gasteiger partial charge on any atom is 0.0192 e. The van der Waals surface area contributed by atoms with Crippen LogP contribution in [0, 0.1) is 5.41 Å². The van der Waals surface area contributed by atoms with Crippen LogP contribution in [0.1, 0.15) is 39.0 Å². The van der Waals surface area contributed by atoms with Crippen LogP contribution in [0.4, 0.5) is 0 Å². The molecule has 2 aliphatic heterocycles. The van der Waals surface area contributed by atoms with E-state index in [-0.39, 0.29) is 0 Å². The number of likely N-dealkylation sites (tertiary alicyclic amines) is 1. The number of hydrogen-bond donors (Lipinski definition) is 2. The minimum Gasteiger partial charge on any atom is -0.315 e. The summed E-state index contributed by atoms with van der Waals surface area (Å²) in [5.74, 6) is 0. The molecular formula is C14H29N3. The zero-order valence-corrected chi connectivity index (χ0v) is 11.6. The molecule has 2 rings (SSSR count). The molecule has 0 bridgehead atoms. The van der Waals surface area contributed by atoms with Gasteiger partial charge in [0.05, 0.1) is 0 Å². The van der Waals surface area contributed by atoms with Gasteiger partial charge in [-0.2, -0.15) is 0 Å². The van der Waals surface area contributed by atoms with Crippen molar-refractivity contribution in [3.05, 3.63) is 0 Å². The molecule has 0 spiro atoms. The molecule has 3 heteroatoms. The van der Waals surface area contributed by atoms with Crippen molar-refractivity contribution in [2.24, 2.45) is 5.41 Å². The molecule has 2 heterocycles. The maximum absolute atomic E-state index is 3.70. The molecule has 0 amide bonds. The number of hydrogen-bond acceptors (Lipinski definition) is 3. The van der Waals surface area contributed by atoms with E-state index < -0.39 is 0 Å². The second-order valence-electron chi connectivity index (χ2n) is 6.39. The molecule has 1 atom stereocenters. The van der Waals surface area contributed by atoms with Crippen LogP contribution in [0.5, 0.6) is 0 Å². The second kappa shape index (κ2) is 6.17. The molecule has 0 radical (unpaired) electrons. The van der Waals surface area contributed by atoms with Crippen LogP contribution in [-0.2, 0) is 0 Å². The van der Waals surface area contributed by atoms with E-state index >= 15 is 0 Å². The van der Waals surface area contributed by atoms with Crippen LogP contribution in [0.25, 0.3) is 0 Å². The topological polar surface area (TPSA) is 27.3 Å². The summed E-state index contributed by atoms with van der Waals surface area (Å²) in [5.41, 5.74) is 0.529. The van der Waals surface area contributed by atoms with E-state index in [1.165, 1.54) is 58.3 Å². The molecule has 2 fully saturated rings. The van der Waals surface area contributed by atoms with Crippen molar-refractivity contribution in [2.45, 2.75) is 45.1 Å². The third-order valence-electron chi connectivity index (χ3n) is 4.55. The fourth-order valence-electron chi connectivity index (χ4n) is 2.98. The van der Waals surface area contributed by atoms with Crippen LogP contribution in [0.3, 0.4) is 0 Å². The van der Waals surface area contributed by atoms with Gasteiger partial charge in [-0.1, -0.05) is 13.3 Å². The van der Waals surface area contributed by atoms with E-state index in [2.05, 4.69) is 29.5 Å². The molecule has 3 nitrogen and oxygen atoms in total. The van der Waals surface area contributed by atoms with Gasteiger partial charge >= 0.3 is 0 Å². The van der Waals surface area contributed by atoms with Gasteiger partial charge < -0.3 is 15.5 Å². The van der Waals surface area contributed by atoms with Crippen molar-refractivity contribution in [3.63, 3.8) is 0 Å². The monoisotopic (exact) mass is 239 g/mol. The molecule has 100 valence electrons. The smallest absolute Gasteiger partial charge is 0.0192 e. The Morgan fingerprint density at radius 2 is 2.06 bits per heavy atom. The van der Waals surface area contributed by atoms with Gasteiger partial charge in [-0.3, -0.25) is 0 Å². The SMILES string of the molecule is CN1CCC(C)(CNCC2CCCCN2)CC1. The Kier molecular flexibility index (Phi) is 4.83. The minimum atomic E-state index is 0.529. The first-order chi connectivity index (χ1) is 8.18. The summed E-state index contributed by atoms with van der Waals surface area (Å²) in [6.45, 7) is 8.54. The quantitative estimate of drug-likeness (QED) is 0.777. The molecule has 0 aromatic carbocycles. The van der Waals surface area contributed by atoms with Crippen molar-refractivity contribution in [1.29, 1.82) is 0 Å². The zero-order chi connectivity index (χ0) is 12.1. The summed E-state index contributed by atoms with van der Waals surface area (Å²) in [6.07, 6.45) is 6.80. The molecule has 0 aromatic rings. The third-order valence-corrected chi connectivity index (χ3v) is 4.55. The summed E-state index contributed by atoms with van der Waals surface area (Å²) in [6, 6.07) is 0.721. The molecule has 0 saturated carbocycles. The standard InChI is InChI=1S/C14H29N3/c1-14(6-9-17(2)10-7-14)12-15-11-13-5-3-4-8-16-13/h13,15-16H,3-12H2,1-2H3. The van der Waals surface area contributed by atoms with Gasteiger partial charge in [0.25, 0.3) is 0 Å². The Morgan fingerprint density at radius 3 is 2.71 bits per heavy atom. The highest BCUT2D eigenvalue weighted by atomic mass is 15.1. The Labute approximate surface area is 106 Å². The Hall–Kier alpha value is -0.120. The average molecular weight is 239 g/mol. The van der Waals surface area contributed by atoms with Gasteiger partial charge in [-0.15, -0.1) is 0 Å². The van der Waals surface area contributed by atoms with Gasteiger partial charge in [0.15, 0.2) is 0 Å². The van der Waals surface area contributed by atoms with Crippen LogP contribution in [0.2, 0.25) is 0 Å². The zero-order valence-electron chi connectivity index (χ0n) is 11.6. The fraction of sp³-hybridized carbons (Fsp3) is 1.00. The number of nitrogens with one attached hydrogen (secondary N) is 2. The lowest BCUT2D eigenvalue weighted by atomic mass is 9.80. The van der Waals surface area contributed by atoms with Crippen molar-refractivity contribution in [2.75, 3.05) is 39.8 Å². The van der Waals surface area contributed by atoms with Gasteiger partial charge in [-0.25, -0.2) is 0 Å². The van der Waals surface area contributed by atoms with Crippen LogP contribution in [0.15, 0.2) is 0 Å². The summed E-state index contributed by atoms with van der Waals surface area (Å²) in [7, 11) is 2.24.